The van der Waals surface area contributed by atoms with Crippen LogP contribution in [0.2, 0.25) is 0 Å². The maximum Gasteiger partial charge on any atom is 0.0314 e. The van der Waals surface area contributed by atoms with Gasteiger partial charge in [-0.2, -0.15) is 0 Å². The third-order valence-corrected chi connectivity index (χ3v) is 5.04. The van der Waals surface area contributed by atoms with Gasteiger partial charge >= 0.3 is 0 Å². The van der Waals surface area contributed by atoms with Gasteiger partial charge in [0.25, 0.3) is 0 Å². The fraction of sp³-hybridized carbons (Fsp3) is 0.692. The molecule has 1 aromatic rings. The van der Waals surface area contributed by atoms with Gasteiger partial charge in [0.1, 0.15) is 0 Å². The van der Waals surface area contributed by atoms with Gasteiger partial charge in [-0.25, -0.2) is 0 Å². The van der Waals surface area contributed by atoms with E-state index in [1.807, 2.05) is 11.3 Å². The second-order valence-electron chi connectivity index (χ2n) is 4.31. The molecule has 0 aliphatic rings. The molecule has 0 fully saturated rings. The van der Waals surface area contributed by atoms with Crippen molar-refractivity contribution < 1.29 is 0 Å². The van der Waals surface area contributed by atoms with Gasteiger partial charge in [-0.1, -0.05) is 20.3 Å². The second kappa shape index (κ2) is 7.46. The molecule has 0 spiro atoms. The van der Waals surface area contributed by atoms with Gasteiger partial charge in [0.05, 0.1) is 0 Å². The van der Waals surface area contributed by atoms with Crippen molar-refractivity contribution in [2.75, 3.05) is 6.54 Å². The van der Waals surface area contributed by atoms with Crippen LogP contribution in [0, 0.1) is 5.92 Å². The zero-order valence-electron chi connectivity index (χ0n) is 10.4. The topological polar surface area (TPSA) is 12.0 Å². The highest BCUT2D eigenvalue weighted by Crippen LogP contribution is 2.27. The lowest BCUT2D eigenvalue weighted by Crippen LogP contribution is -2.34. The summed E-state index contributed by atoms with van der Waals surface area (Å²) in [6.07, 6.45) is 3.64. The Hall–Kier alpha value is 0.140. The molecule has 0 bridgehead atoms. The Kier molecular flexibility index (Phi) is 6.62. The Bertz CT molecular complexity index is 298. The molecule has 1 nitrogen and oxygen atoms in total. The molecule has 92 valence electrons. The zero-order valence-corrected chi connectivity index (χ0v) is 12.8. The Labute approximate surface area is 112 Å². The van der Waals surface area contributed by atoms with E-state index in [4.69, 9.17) is 0 Å². The predicted octanol–water partition coefficient (Wildman–Crippen LogP) is 4.47. The Morgan fingerprint density at radius 1 is 1.44 bits per heavy atom. The lowest BCUT2D eigenvalue weighted by atomic mass is 9.94. The fourth-order valence-electron chi connectivity index (χ4n) is 1.92. The summed E-state index contributed by atoms with van der Waals surface area (Å²) in [6, 6.07) is 2.76. The van der Waals surface area contributed by atoms with E-state index in [1.165, 1.54) is 28.6 Å². The average Bonchev–Trinajstić information content (AvgIpc) is 2.68. The second-order valence-corrected chi connectivity index (χ2v) is 6.16. The first kappa shape index (κ1) is 14.2. The smallest absolute Gasteiger partial charge is 0.0314 e. The van der Waals surface area contributed by atoms with Crippen LogP contribution in [0.25, 0.3) is 0 Å². The molecule has 2 unspecified atom stereocenters. The first-order chi connectivity index (χ1) is 7.69. The lowest BCUT2D eigenvalue weighted by Gasteiger charge is -2.23. The molecule has 16 heavy (non-hydrogen) atoms. The van der Waals surface area contributed by atoms with Gasteiger partial charge < -0.3 is 5.32 Å². The molecule has 1 aromatic heterocycles. The minimum absolute atomic E-state index is 0.610. The van der Waals surface area contributed by atoms with Gasteiger partial charge in [0, 0.05) is 15.4 Å². The van der Waals surface area contributed by atoms with E-state index >= 15 is 0 Å². The standard InChI is InChI=1S/C13H22BrNS/c1-4-7-15-10(3)11(5-2)9-13-12(14)6-8-16-13/h6,8,10-11,15H,4-5,7,9H2,1-3H3. The molecular formula is C13H22BrNS. The van der Waals surface area contributed by atoms with Crippen molar-refractivity contribution in [2.45, 2.75) is 46.1 Å². The molecule has 0 saturated heterocycles. The van der Waals surface area contributed by atoms with Crippen molar-refractivity contribution in [3.8, 4) is 0 Å². The lowest BCUT2D eigenvalue weighted by molar-refractivity contribution is 0.364. The number of nitrogens with one attached hydrogen (secondary N) is 1. The molecule has 3 heteroatoms. The Balaban J connectivity index is 2.51. The van der Waals surface area contributed by atoms with Crippen LogP contribution in [0.4, 0.5) is 0 Å². The van der Waals surface area contributed by atoms with E-state index in [-0.39, 0.29) is 0 Å². The Morgan fingerprint density at radius 2 is 2.19 bits per heavy atom. The predicted molar refractivity (Wildman–Crippen MR) is 77.3 cm³/mol. The summed E-state index contributed by atoms with van der Waals surface area (Å²) in [7, 11) is 0. The summed E-state index contributed by atoms with van der Waals surface area (Å²) < 4.78 is 1.28. The molecule has 0 aliphatic carbocycles. The van der Waals surface area contributed by atoms with Crippen LogP contribution in [0.1, 0.15) is 38.5 Å². The van der Waals surface area contributed by atoms with E-state index in [9.17, 15) is 0 Å². The number of halogens is 1. The summed E-state index contributed by atoms with van der Waals surface area (Å²) in [6.45, 7) is 7.95. The molecule has 0 aliphatic heterocycles. The number of hydrogen-bond donors (Lipinski definition) is 1. The molecule has 1 rings (SSSR count). The van der Waals surface area contributed by atoms with E-state index in [0.29, 0.717) is 6.04 Å². The number of hydrogen-bond acceptors (Lipinski definition) is 2. The zero-order chi connectivity index (χ0) is 12.0. The maximum absolute atomic E-state index is 3.62. The largest absolute Gasteiger partial charge is 0.314 e. The normalized spacial score (nSPS) is 15.0. The molecule has 0 radical (unpaired) electrons. The van der Waals surface area contributed by atoms with Crippen molar-refractivity contribution in [3.63, 3.8) is 0 Å². The highest BCUT2D eigenvalue weighted by atomic mass is 79.9. The number of thiophene rings is 1. The van der Waals surface area contributed by atoms with Crippen molar-refractivity contribution in [3.05, 3.63) is 20.8 Å². The van der Waals surface area contributed by atoms with Crippen LogP contribution in [0.15, 0.2) is 15.9 Å². The van der Waals surface area contributed by atoms with Crippen molar-refractivity contribution in [1.82, 2.24) is 5.32 Å². The summed E-state index contributed by atoms with van der Waals surface area (Å²) in [4.78, 5) is 1.48. The van der Waals surface area contributed by atoms with Crippen molar-refractivity contribution in [2.24, 2.45) is 5.92 Å². The van der Waals surface area contributed by atoms with Crippen LogP contribution < -0.4 is 5.32 Å². The first-order valence-corrected chi connectivity index (χ1v) is 7.81. The highest BCUT2D eigenvalue weighted by Gasteiger charge is 2.17. The van der Waals surface area contributed by atoms with Gasteiger partial charge in [-0.05, 0) is 59.6 Å². The third kappa shape index (κ3) is 4.19. The summed E-state index contributed by atoms with van der Waals surface area (Å²) in [5, 5.41) is 5.77. The van der Waals surface area contributed by atoms with Gasteiger partial charge in [0.2, 0.25) is 0 Å². The molecular weight excluding hydrogens is 282 g/mol. The molecule has 1 N–H and O–H groups in total. The summed E-state index contributed by atoms with van der Waals surface area (Å²) >= 11 is 5.48. The van der Waals surface area contributed by atoms with Crippen LogP contribution in [0.3, 0.4) is 0 Å². The van der Waals surface area contributed by atoms with E-state index in [0.717, 1.165) is 12.5 Å². The maximum atomic E-state index is 3.62. The average molecular weight is 304 g/mol. The molecule has 0 saturated carbocycles. The summed E-state index contributed by atoms with van der Waals surface area (Å²) in [5.41, 5.74) is 0. The van der Waals surface area contributed by atoms with Crippen LogP contribution in [-0.4, -0.2) is 12.6 Å². The molecule has 2 atom stereocenters. The van der Waals surface area contributed by atoms with Crippen LogP contribution in [0.5, 0.6) is 0 Å². The minimum atomic E-state index is 0.610. The quantitative estimate of drug-likeness (QED) is 0.784. The SMILES string of the molecule is CCCNC(C)C(CC)Cc1sccc1Br. The molecule has 1 heterocycles. The van der Waals surface area contributed by atoms with Crippen LogP contribution >= 0.6 is 27.3 Å². The first-order valence-electron chi connectivity index (χ1n) is 6.14. The van der Waals surface area contributed by atoms with E-state index in [2.05, 4.69) is 53.5 Å². The van der Waals surface area contributed by atoms with Gasteiger partial charge in [-0.3, -0.25) is 0 Å². The number of rotatable bonds is 7. The van der Waals surface area contributed by atoms with Crippen molar-refractivity contribution >= 4 is 27.3 Å². The highest BCUT2D eigenvalue weighted by molar-refractivity contribution is 9.10. The van der Waals surface area contributed by atoms with Gasteiger partial charge in [-0.15, -0.1) is 11.3 Å². The van der Waals surface area contributed by atoms with Crippen LogP contribution in [-0.2, 0) is 6.42 Å². The molecule has 0 aromatic carbocycles. The Morgan fingerprint density at radius 3 is 2.69 bits per heavy atom. The third-order valence-electron chi connectivity index (χ3n) is 3.09. The monoisotopic (exact) mass is 303 g/mol. The minimum Gasteiger partial charge on any atom is -0.314 e. The summed E-state index contributed by atoms with van der Waals surface area (Å²) in [5.74, 6) is 0.737. The molecule has 0 amide bonds. The fourth-order valence-corrected chi connectivity index (χ4v) is 3.53. The van der Waals surface area contributed by atoms with E-state index < -0.39 is 0 Å². The van der Waals surface area contributed by atoms with E-state index in [1.54, 1.807) is 0 Å². The van der Waals surface area contributed by atoms with Crippen molar-refractivity contribution in [1.29, 1.82) is 0 Å². The van der Waals surface area contributed by atoms with Gasteiger partial charge in [0.15, 0.2) is 0 Å².